The van der Waals surface area contributed by atoms with Crippen molar-refractivity contribution in [3.63, 3.8) is 0 Å². The molecular weight excluding hydrogens is 290 g/mol. The molecule has 3 rings (SSSR count). The Bertz CT molecular complexity index is 673. The summed E-state index contributed by atoms with van der Waals surface area (Å²) < 4.78 is 0. The molecule has 2 aromatic carbocycles. The van der Waals surface area contributed by atoms with E-state index in [4.69, 9.17) is 0 Å². The molecule has 0 radical (unpaired) electrons. The first kappa shape index (κ1) is 16.8. The van der Waals surface area contributed by atoms with E-state index in [-0.39, 0.29) is 12.4 Å². The van der Waals surface area contributed by atoms with Gasteiger partial charge in [0.05, 0.1) is 0 Å². The van der Waals surface area contributed by atoms with Crippen molar-refractivity contribution in [1.29, 1.82) is 0 Å². The molecule has 0 aromatic heterocycles. The second-order valence-electron chi connectivity index (χ2n) is 5.77. The van der Waals surface area contributed by atoms with E-state index in [1.807, 2.05) is 7.05 Å². The Morgan fingerprint density at radius 1 is 1.00 bits per heavy atom. The lowest BCUT2D eigenvalue weighted by Gasteiger charge is -2.13. The smallest absolute Gasteiger partial charge is 0.00169 e. The minimum absolute atomic E-state index is 0. The van der Waals surface area contributed by atoms with Gasteiger partial charge < -0.3 is 5.32 Å². The molecule has 0 heterocycles. The fourth-order valence-corrected chi connectivity index (χ4v) is 3.27. The number of rotatable bonds is 3. The highest BCUT2D eigenvalue weighted by Gasteiger charge is 2.18. The number of halogens is 1. The summed E-state index contributed by atoms with van der Waals surface area (Å²) >= 11 is 0. The largest absolute Gasteiger partial charge is 0.319 e. The summed E-state index contributed by atoms with van der Waals surface area (Å²) in [7, 11) is 2.01. The van der Waals surface area contributed by atoms with Gasteiger partial charge in [0.15, 0.2) is 0 Å². The lowest BCUT2D eigenvalue weighted by Crippen LogP contribution is -2.06. The summed E-state index contributed by atoms with van der Waals surface area (Å²) in [5.41, 5.74) is 8.67. The summed E-state index contributed by atoms with van der Waals surface area (Å²) in [4.78, 5) is 0. The molecule has 0 aliphatic heterocycles. The van der Waals surface area contributed by atoms with E-state index in [2.05, 4.69) is 60.8 Å². The number of aryl methyl sites for hydroxylation is 2. The molecule has 0 amide bonds. The number of benzene rings is 2. The summed E-state index contributed by atoms with van der Waals surface area (Å²) in [5, 5.41) is 3.24. The maximum atomic E-state index is 3.24. The maximum absolute atomic E-state index is 3.24. The lowest BCUT2D eigenvalue weighted by molar-refractivity contribution is 0.808. The molecule has 0 bridgehead atoms. The Morgan fingerprint density at radius 2 is 1.77 bits per heavy atom. The first-order valence-electron chi connectivity index (χ1n) is 7.83. The monoisotopic (exact) mass is 313 g/mol. The van der Waals surface area contributed by atoms with Crippen LogP contribution in [0.15, 0.2) is 48.5 Å². The zero-order valence-corrected chi connectivity index (χ0v) is 14.2. The highest BCUT2D eigenvalue weighted by molar-refractivity contribution is 5.85. The van der Waals surface area contributed by atoms with Gasteiger partial charge in [-0.05, 0) is 73.2 Å². The van der Waals surface area contributed by atoms with Gasteiger partial charge in [-0.1, -0.05) is 48.5 Å². The van der Waals surface area contributed by atoms with Crippen LogP contribution >= 0.6 is 12.4 Å². The van der Waals surface area contributed by atoms with E-state index >= 15 is 0 Å². The van der Waals surface area contributed by atoms with Gasteiger partial charge in [0.1, 0.15) is 0 Å². The Kier molecular flexibility index (Phi) is 5.82. The average molecular weight is 314 g/mol. The molecule has 0 unspecified atom stereocenters. The van der Waals surface area contributed by atoms with Crippen molar-refractivity contribution in [2.45, 2.75) is 26.2 Å². The number of hydrogen-bond acceptors (Lipinski definition) is 1. The third-order valence-electron chi connectivity index (χ3n) is 4.40. The molecule has 0 saturated carbocycles. The van der Waals surface area contributed by atoms with Gasteiger partial charge in [-0.25, -0.2) is 0 Å². The van der Waals surface area contributed by atoms with Crippen LogP contribution in [0, 0.1) is 6.92 Å². The molecule has 1 nitrogen and oxygen atoms in total. The third-order valence-corrected chi connectivity index (χ3v) is 4.40. The standard InChI is InChI=1S/C20H23N.ClH/c1-15-7-5-10-19-17(15)13-12-16-8-3-4-9-18(16)20(19)11-6-14-21-2;/h3-5,7-11,21H,6,12-14H2,1-2H3;1H/b20-11-;. The van der Waals surface area contributed by atoms with E-state index in [1.165, 1.54) is 33.4 Å². The van der Waals surface area contributed by atoms with E-state index in [0.29, 0.717) is 0 Å². The maximum Gasteiger partial charge on any atom is -0.00169 e. The molecule has 1 aliphatic carbocycles. The van der Waals surface area contributed by atoms with Crippen LogP contribution in [0.3, 0.4) is 0 Å². The molecule has 0 atom stereocenters. The fraction of sp³-hybridized carbons (Fsp3) is 0.300. The van der Waals surface area contributed by atoms with Crippen molar-refractivity contribution in [2.24, 2.45) is 0 Å². The molecule has 116 valence electrons. The topological polar surface area (TPSA) is 12.0 Å². The van der Waals surface area contributed by atoms with Crippen LogP contribution in [-0.4, -0.2) is 13.6 Å². The predicted octanol–water partition coefficient (Wildman–Crippen LogP) is 4.56. The van der Waals surface area contributed by atoms with Gasteiger partial charge in [0.2, 0.25) is 0 Å². The molecule has 0 fully saturated rings. The zero-order valence-electron chi connectivity index (χ0n) is 13.4. The van der Waals surface area contributed by atoms with Crippen molar-refractivity contribution in [3.05, 3.63) is 76.4 Å². The second-order valence-corrected chi connectivity index (χ2v) is 5.77. The summed E-state index contributed by atoms with van der Waals surface area (Å²) in [5.74, 6) is 0. The number of nitrogens with one attached hydrogen (secondary N) is 1. The van der Waals surface area contributed by atoms with Crippen molar-refractivity contribution in [1.82, 2.24) is 5.32 Å². The number of hydrogen-bond donors (Lipinski definition) is 1. The molecule has 0 spiro atoms. The van der Waals surface area contributed by atoms with Gasteiger partial charge in [0.25, 0.3) is 0 Å². The van der Waals surface area contributed by atoms with Crippen molar-refractivity contribution < 1.29 is 0 Å². The molecule has 2 aromatic rings. The van der Waals surface area contributed by atoms with E-state index in [9.17, 15) is 0 Å². The average Bonchev–Trinajstić information content (AvgIpc) is 2.66. The Hall–Kier alpha value is -1.57. The molecule has 1 N–H and O–H groups in total. The fourth-order valence-electron chi connectivity index (χ4n) is 3.27. The van der Waals surface area contributed by atoms with E-state index in [0.717, 1.165) is 25.8 Å². The van der Waals surface area contributed by atoms with Crippen LogP contribution < -0.4 is 5.32 Å². The Balaban J connectivity index is 0.00000176. The van der Waals surface area contributed by atoms with E-state index < -0.39 is 0 Å². The van der Waals surface area contributed by atoms with Gasteiger partial charge in [-0.15, -0.1) is 12.4 Å². The predicted molar refractivity (Wildman–Crippen MR) is 97.9 cm³/mol. The van der Waals surface area contributed by atoms with Crippen LogP contribution in [0.25, 0.3) is 5.57 Å². The molecule has 0 saturated heterocycles. The van der Waals surface area contributed by atoms with Crippen LogP contribution in [0.2, 0.25) is 0 Å². The first-order valence-corrected chi connectivity index (χ1v) is 7.83. The zero-order chi connectivity index (χ0) is 14.7. The lowest BCUT2D eigenvalue weighted by atomic mass is 9.91. The van der Waals surface area contributed by atoms with Gasteiger partial charge in [-0.2, -0.15) is 0 Å². The molecule has 2 heteroatoms. The van der Waals surface area contributed by atoms with Crippen molar-refractivity contribution in [3.8, 4) is 0 Å². The summed E-state index contributed by atoms with van der Waals surface area (Å²) in [6.45, 7) is 3.26. The number of fused-ring (bicyclic) bond motifs is 2. The van der Waals surface area contributed by atoms with Gasteiger partial charge in [0, 0.05) is 0 Å². The minimum Gasteiger partial charge on any atom is -0.319 e. The third kappa shape index (κ3) is 3.26. The van der Waals surface area contributed by atoms with Crippen LogP contribution in [0.4, 0.5) is 0 Å². The van der Waals surface area contributed by atoms with Gasteiger partial charge in [-0.3, -0.25) is 0 Å². The van der Waals surface area contributed by atoms with Crippen LogP contribution in [0.5, 0.6) is 0 Å². The first-order chi connectivity index (χ1) is 10.3. The van der Waals surface area contributed by atoms with Gasteiger partial charge >= 0.3 is 0 Å². The second kappa shape index (κ2) is 7.62. The normalized spacial score (nSPS) is 14.7. The minimum atomic E-state index is 0. The summed E-state index contributed by atoms with van der Waals surface area (Å²) in [6.07, 6.45) is 5.74. The highest BCUT2D eigenvalue weighted by atomic mass is 35.5. The van der Waals surface area contributed by atoms with Crippen LogP contribution in [-0.2, 0) is 12.8 Å². The molecule has 1 aliphatic rings. The summed E-state index contributed by atoms with van der Waals surface area (Å²) in [6, 6.07) is 15.6. The Morgan fingerprint density at radius 3 is 2.59 bits per heavy atom. The van der Waals surface area contributed by atoms with E-state index in [1.54, 1.807) is 0 Å². The Labute approximate surface area is 139 Å². The quantitative estimate of drug-likeness (QED) is 0.819. The van der Waals surface area contributed by atoms with Crippen molar-refractivity contribution in [2.75, 3.05) is 13.6 Å². The highest BCUT2D eigenvalue weighted by Crippen LogP contribution is 2.34. The molecular formula is C20H24ClN. The molecule has 22 heavy (non-hydrogen) atoms. The SMILES string of the molecule is CNCC/C=C1/c2ccccc2CCc2c(C)cccc21.Cl. The van der Waals surface area contributed by atoms with Crippen molar-refractivity contribution >= 4 is 18.0 Å². The van der Waals surface area contributed by atoms with Crippen LogP contribution in [0.1, 0.15) is 34.2 Å².